The topological polar surface area (TPSA) is 32.7 Å². The molecule has 3 nitrogen and oxygen atoms in total. The molecule has 16 heavy (non-hydrogen) atoms. The van der Waals surface area contributed by atoms with E-state index in [9.17, 15) is 4.79 Å². The highest BCUT2D eigenvalue weighted by atomic mass is 16.1. The van der Waals surface area contributed by atoms with Crippen LogP contribution in [0.3, 0.4) is 0 Å². The monoisotopic (exact) mass is 216 g/mol. The molecule has 2 rings (SSSR count). The van der Waals surface area contributed by atoms with Crippen LogP contribution in [0.25, 0.3) is 0 Å². The summed E-state index contributed by atoms with van der Waals surface area (Å²) < 4.78 is 0. The molecule has 1 aliphatic rings. The first-order valence-corrected chi connectivity index (χ1v) is 5.57. The first-order valence-electron chi connectivity index (χ1n) is 5.57. The van der Waals surface area contributed by atoms with E-state index in [-0.39, 0.29) is 0 Å². The molecule has 0 saturated heterocycles. The fourth-order valence-electron chi connectivity index (χ4n) is 2.31. The average Bonchev–Trinajstić information content (AvgIpc) is 2.28. The molecule has 1 aliphatic heterocycles. The SMILES string of the molecule is Cc1ccc2c(c1)C(CN=C=O)CCN2C. The van der Waals surface area contributed by atoms with Crippen molar-refractivity contribution in [2.75, 3.05) is 25.0 Å². The second-order valence-electron chi connectivity index (χ2n) is 4.40. The lowest BCUT2D eigenvalue weighted by atomic mass is 9.89. The summed E-state index contributed by atoms with van der Waals surface area (Å²) in [6.45, 7) is 3.68. The van der Waals surface area contributed by atoms with Gasteiger partial charge in [0.05, 0.1) is 6.54 Å². The van der Waals surface area contributed by atoms with E-state index in [0.717, 1.165) is 13.0 Å². The Labute approximate surface area is 95.8 Å². The number of carbonyl (C=O) groups excluding carboxylic acids is 1. The van der Waals surface area contributed by atoms with Gasteiger partial charge < -0.3 is 4.90 Å². The number of benzene rings is 1. The van der Waals surface area contributed by atoms with Gasteiger partial charge in [0.25, 0.3) is 0 Å². The van der Waals surface area contributed by atoms with Gasteiger partial charge in [-0.05, 0) is 25.0 Å². The number of anilines is 1. The van der Waals surface area contributed by atoms with Crippen molar-refractivity contribution in [1.29, 1.82) is 0 Å². The van der Waals surface area contributed by atoms with Crippen molar-refractivity contribution in [2.45, 2.75) is 19.3 Å². The van der Waals surface area contributed by atoms with Crippen LogP contribution in [-0.4, -0.2) is 26.2 Å². The Hall–Kier alpha value is -1.60. The molecule has 84 valence electrons. The van der Waals surface area contributed by atoms with Gasteiger partial charge in [0.1, 0.15) is 0 Å². The smallest absolute Gasteiger partial charge is 0.234 e. The summed E-state index contributed by atoms with van der Waals surface area (Å²) >= 11 is 0. The van der Waals surface area contributed by atoms with Gasteiger partial charge in [0.2, 0.25) is 6.08 Å². The number of hydrogen-bond donors (Lipinski definition) is 0. The van der Waals surface area contributed by atoms with Crippen LogP contribution in [0.1, 0.15) is 23.5 Å². The molecule has 1 aromatic rings. The fraction of sp³-hybridized carbons (Fsp3) is 0.462. The van der Waals surface area contributed by atoms with Crippen LogP contribution in [0.5, 0.6) is 0 Å². The first kappa shape index (κ1) is 10.9. The number of aryl methyl sites for hydroxylation is 1. The van der Waals surface area contributed by atoms with Crippen molar-refractivity contribution in [3.05, 3.63) is 29.3 Å². The third-order valence-electron chi connectivity index (χ3n) is 3.22. The number of hydrogen-bond acceptors (Lipinski definition) is 3. The molecule has 0 saturated carbocycles. The number of rotatable bonds is 2. The molecule has 0 spiro atoms. The van der Waals surface area contributed by atoms with Crippen LogP contribution in [0.4, 0.5) is 5.69 Å². The molecule has 1 aromatic carbocycles. The second-order valence-corrected chi connectivity index (χ2v) is 4.40. The van der Waals surface area contributed by atoms with E-state index in [1.807, 2.05) is 0 Å². The number of fused-ring (bicyclic) bond motifs is 1. The average molecular weight is 216 g/mol. The molecule has 0 bridgehead atoms. The highest BCUT2D eigenvalue weighted by molar-refractivity contribution is 5.58. The van der Waals surface area contributed by atoms with Crippen molar-refractivity contribution in [3.63, 3.8) is 0 Å². The van der Waals surface area contributed by atoms with E-state index >= 15 is 0 Å². The van der Waals surface area contributed by atoms with Crippen molar-refractivity contribution in [3.8, 4) is 0 Å². The van der Waals surface area contributed by atoms with Gasteiger partial charge in [-0.25, -0.2) is 9.79 Å². The maximum atomic E-state index is 10.2. The summed E-state index contributed by atoms with van der Waals surface area (Å²) in [6.07, 6.45) is 2.69. The Balaban J connectivity index is 2.37. The largest absolute Gasteiger partial charge is 0.374 e. The number of aliphatic imine (C=N–C) groups is 1. The minimum atomic E-state index is 0.368. The van der Waals surface area contributed by atoms with E-state index in [4.69, 9.17) is 0 Å². The molecule has 0 N–H and O–H groups in total. The van der Waals surface area contributed by atoms with Crippen LogP contribution < -0.4 is 4.90 Å². The minimum Gasteiger partial charge on any atom is -0.374 e. The van der Waals surface area contributed by atoms with E-state index in [1.54, 1.807) is 6.08 Å². The lowest BCUT2D eigenvalue weighted by Gasteiger charge is -2.32. The maximum absolute atomic E-state index is 10.2. The van der Waals surface area contributed by atoms with E-state index in [2.05, 4.69) is 42.1 Å². The normalized spacial score (nSPS) is 18.9. The van der Waals surface area contributed by atoms with Crippen LogP contribution in [0.2, 0.25) is 0 Å². The fourth-order valence-corrected chi connectivity index (χ4v) is 2.31. The van der Waals surface area contributed by atoms with Crippen molar-refractivity contribution in [1.82, 2.24) is 0 Å². The van der Waals surface area contributed by atoms with Crippen LogP contribution in [0, 0.1) is 6.92 Å². The van der Waals surface area contributed by atoms with Gasteiger partial charge in [-0.1, -0.05) is 17.7 Å². The van der Waals surface area contributed by atoms with E-state index < -0.39 is 0 Å². The Morgan fingerprint density at radius 1 is 1.56 bits per heavy atom. The zero-order chi connectivity index (χ0) is 11.5. The predicted octanol–water partition coefficient (Wildman–Crippen LogP) is 2.25. The molecule has 1 heterocycles. The molecular formula is C13H16N2O. The third kappa shape index (κ3) is 2.00. The van der Waals surface area contributed by atoms with Gasteiger partial charge >= 0.3 is 0 Å². The van der Waals surface area contributed by atoms with E-state index in [1.165, 1.54) is 16.8 Å². The van der Waals surface area contributed by atoms with Gasteiger partial charge in [-0.15, -0.1) is 0 Å². The molecule has 0 radical (unpaired) electrons. The highest BCUT2D eigenvalue weighted by Crippen LogP contribution is 2.35. The summed E-state index contributed by atoms with van der Waals surface area (Å²) in [6, 6.07) is 6.48. The maximum Gasteiger partial charge on any atom is 0.234 e. The van der Waals surface area contributed by atoms with Gasteiger partial charge in [0, 0.05) is 25.2 Å². The van der Waals surface area contributed by atoms with Crippen LogP contribution in [0.15, 0.2) is 23.2 Å². The zero-order valence-corrected chi connectivity index (χ0v) is 9.73. The van der Waals surface area contributed by atoms with Crippen molar-refractivity contribution >= 4 is 11.8 Å². The van der Waals surface area contributed by atoms with Gasteiger partial charge in [-0.2, -0.15) is 0 Å². The van der Waals surface area contributed by atoms with Gasteiger partial charge in [-0.3, -0.25) is 0 Å². The summed E-state index contributed by atoms with van der Waals surface area (Å²) in [4.78, 5) is 16.2. The molecule has 1 unspecified atom stereocenters. The molecule has 0 fully saturated rings. The summed E-state index contributed by atoms with van der Waals surface area (Å²) in [7, 11) is 2.10. The summed E-state index contributed by atoms with van der Waals surface area (Å²) in [5.74, 6) is 0.368. The van der Waals surface area contributed by atoms with Gasteiger partial charge in [0.15, 0.2) is 0 Å². The molecular weight excluding hydrogens is 200 g/mol. The Morgan fingerprint density at radius 2 is 2.38 bits per heavy atom. The second kappa shape index (κ2) is 4.50. The summed E-state index contributed by atoms with van der Waals surface area (Å²) in [5.41, 5.74) is 3.84. The minimum absolute atomic E-state index is 0.368. The lowest BCUT2D eigenvalue weighted by molar-refractivity contribution is 0.555. The van der Waals surface area contributed by atoms with Crippen LogP contribution >= 0.6 is 0 Å². The standard InChI is InChI=1S/C13H16N2O/c1-10-3-4-13-12(7-10)11(8-14-9-16)5-6-15(13)2/h3-4,7,11H,5-6,8H2,1-2H3. The highest BCUT2D eigenvalue weighted by Gasteiger charge is 2.22. The third-order valence-corrected chi connectivity index (χ3v) is 3.22. The quantitative estimate of drug-likeness (QED) is 0.561. The van der Waals surface area contributed by atoms with Crippen LogP contribution in [-0.2, 0) is 4.79 Å². The predicted molar refractivity (Wildman–Crippen MR) is 64.8 cm³/mol. The van der Waals surface area contributed by atoms with Crippen molar-refractivity contribution < 1.29 is 4.79 Å². The molecule has 3 heteroatoms. The number of isocyanates is 1. The summed E-state index contributed by atoms with van der Waals surface area (Å²) in [5, 5.41) is 0. The molecule has 0 aromatic heterocycles. The Morgan fingerprint density at radius 3 is 3.12 bits per heavy atom. The van der Waals surface area contributed by atoms with Crippen molar-refractivity contribution in [2.24, 2.45) is 4.99 Å². The lowest BCUT2D eigenvalue weighted by Crippen LogP contribution is -2.28. The molecule has 1 atom stereocenters. The molecule has 0 aliphatic carbocycles. The Bertz CT molecular complexity index is 436. The van der Waals surface area contributed by atoms with E-state index in [0.29, 0.717) is 12.5 Å². The number of nitrogens with zero attached hydrogens (tertiary/aromatic N) is 2. The Kier molecular flexibility index (Phi) is 3.07. The zero-order valence-electron chi connectivity index (χ0n) is 9.73. The first-order chi connectivity index (χ1) is 7.72. The molecule has 0 amide bonds.